The third kappa shape index (κ3) is 2.77. The molecule has 0 bridgehead atoms. The van der Waals surface area contributed by atoms with Crippen LogP contribution in [0.3, 0.4) is 0 Å². The zero-order valence-corrected chi connectivity index (χ0v) is 11.4. The fourth-order valence-electron chi connectivity index (χ4n) is 2.33. The zero-order valence-electron chi connectivity index (χ0n) is 11.4. The van der Waals surface area contributed by atoms with E-state index in [2.05, 4.69) is 37.7 Å². The number of rotatable bonds is 6. The SMILES string of the molecule is CCNc1nc(NC(C)CC2CC2)c2cn[nH]c2n1. The van der Waals surface area contributed by atoms with E-state index in [4.69, 9.17) is 0 Å². The molecule has 0 radical (unpaired) electrons. The average Bonchev–Trinajstić information content (AvgIpc) is 3.04. The van der Waals surface area contributed by atoms with Gasteiger partial charge in [-0.2, -0.15) is 15.1 Å². The Labute approximate surface area is 112 Å². The number of nitrogens with zero attached hydrogens (tertiary/aromatic N) is 3. The van der Waals surface area contributed by atoms with Crippen LogP contribution in [-0.4, -0.2) is 32.8 Å². The first kappa shape index (κ1) is 12.2. The van der Waals surface area contributed by atoms with Crippen molar-refractivity contribution < 1.29 is 0 Å². The highest BCUT2D eigenvalue weighted by Gasteiger charge is 2.24. The first-order valence-corrected chi connectivity index (χ1v) is 6.97. The zero-order chi connectivity index (χ0) is 13.2. The largest absolute Gasteiger partial charge is 0.367 e. The number of anilines is 2. The minimum absolute atomic E-state index is 0.426. The number of fused-ring (bicyclic) bond motifs is 1. The van der Waals surface area contributed by atoms with E-state index in [-0.39, 0.29) is 0 Å². The molecule has 2 aromatic rings. The molecular formula is C13H20N6. The summed E-state index contributed by atoms with van der Waals surface area (Å²) in [4.78, 5) is 8.92. The summed E-state index contributed by atoms with van der Waals surface area (Å²) in [7, 11) is 0. The molecule has 6 heteroatoms. The standard InChI is InChI=1S/C13H20N6/c1-3-14-13-17-11(10-7-15-19-12(10)18-13)16-8(2)6-9-4-5-9/h7-9H,3-6H2,1-2H3,(H3,14,15,16,17,18,19). The Kier molecular flexibility index (Phi) is 3.23. The maximum absolute atomic E-state index is 4.54. The number of aromatic nitrogens is 4. The molecule has 19 heavy (non-hydrogen) atoms. The van der Waals surface area contributed by atoms with Gasteiger partial charge in [-0.15, -0.1) is 0 Å². The van der Waals surface area contributed by atoms with Crippen LogP contribution in [0.5, 0.6) is 0 Å². The van der Waals surface area contributed by atoms with Crippen LogP contribution in [0, 0.1) is 5.92 Å². The Bertz CT molecular complexity index is 559. The van der Waals surface area contributed by atoms with Gasteiger partial charge in [0.15, 0.2) is 5.65 Å². The van der Waals surface area contributed by atoms with Crippen LogP contribution in [0.15, 0.2) is 6.20 Å². The molecule has 1 atom stereocenters. The van der Waals surface area contributed by atoms with Crippen LogP contribution in [0.4, 0.5) is 11.8 Å². The maximum atomic E-state index is 4.54. The molecule has 2 aromatic heterocycles. The van der Waals surface area contributed by atoms with Crippen molar-refractivity contribution in [1.82, 2.24) is 20.2 Å². The molecule has 3 N–H and O–H groups in total. The first-order valence-electron chi connectivity index (χ1n) is 6.97. The van der Waals surface area contributed by atoms with E-state index >= 15 is 0 Å². The van der Waals surface area contributed by atoms with E-state index in [0.717, 1.165) is 29.3 Å². The fraction of sp³-hybridized carbons (Fsp3) is 0.615. The van der Waals surface area contributed by atoms with Gasteiger partial charge >= 0.3 is 0 Å². The lowest BCUT2D eigenvalue weighted by atomic mass is 10.1. The third-order valence-corrected chi connectivity index (χ3v) is 3.41. The molecule has 0 spiro atoms. The summed E-state index contributed by atoms with van der Waals surface area (Å²) in [5.74, 6) is 2.40. The van der Waals surface area contributed by atoms with Crippen molar-refractivity contribution in [1.29, 1.82) is 0 Å². The van der Waals surface area contributed by atoms with Crippen LogP contribution in [-0.2, 0) is 0 Å². The van der Waals surface area contributed by atoms with Gasteiger partial charge in [-0.25, -0.2) is 0 Å². The van der Waals surface area contributed by atoms with Crippen LogP contribution in [0.2, 0.25) is 0 Å². The topological polar surface area (TPSA) is 78.5 Å². The average molecular weight is 260 g/mol. The molecule has 1 saturated carbocycles. The van der Waals surface area contributed by atoms with E-state index in [1.54, 1.807) is 6.20 Å². The normalized spacial score (nSPS) is 16.5. The van der Waals surface area contributed by atoms with Crippen LogP contribution in [0.25, 0.3) is 11.0 Å². The van der Waals surface area contributed by atoms with Crippen molar-refractivity contribution in [3.8, 4) is 0 Å². The molecule has 0 aromatic carbocycles. The highest BCUT2D eigenvalue weighted by atomic mass is 15.2. The lowest BCUT2D eigenvalue weighted by molar-refractivity contribution is 0.641. The highest BCUT2D eigenvalue weighted by molar-refractivity contribution is 5.87. The van der Waals surface area contributed by atoms with Gasteiger partial charge in [-0.3, -0.25) is 5.10 Å². The van der Waals surface area contributed by atoms with Crippen molar-refractivity contribution in [3.05, 3.63) is 6.20 Å². The van der Waals surface area contributed by atoms with E-state index in [0.29, 0.717) is 12.0 Å². The maximum Gasteiger partial charge on any atom is 0.226 e. The molecule has 0 amide bonds. The molecular weight excluding hydrogens is 240 g/mol. The molecule has 1 unspecified atom stereocenters. The summed E-state index contributed by atoms with van der Waals surface area (Å²) in [5, 5.41) is 14.5. The van der Waals surface area contributed by atoms with E-state index in [1.807, 2.05) is 6.92 Å². The van der Waals surface area contributed by atoms with Gasteiger partial charge < -0.3 is 10.6 Å². The molecule has 1 aliphatic rings. The Morgan fingerprint density at radius 3 is 3.00 bits per heavy atom. The Hall–Kier alpha value is -1.85. The number of aromatic amines is 1. The lowest BCUT2D eigenvalue weighted by Crippen LogP contribution is -2.17. The quantitative estimate of drug-likeness (QED) is 0.743. The van der Waals surface area contributed by atoms with Gasteiger partial charge in [-0.05, 0) is 26.2 Å². The van der Waals surface area contributed by atoms with Crippen molar-refractivity contribution in [2.45, 2.75) is 39.2 Å². The van der Waals surface area contributed by atoms with Crippen LogP contribution in [0.1, 0.15) is 33.1 Å². The second-order valence-corrected chi connectivity index (χ2v) is 5.28. The summed E-state index contributed by atoms with van der Waals surface area (Å²) in [5.41, 5.74) is 0.770. The summed E-state index contributed by atoms with van der Waals surface area (Å²) >= 11 is 0. The van der Waals surface area contributed by atoms with Gasteiger partial charge in [0.2, 0.25) is 5.95 Å². The summed E-state index contributed by atoms with van der Waals surface area (Å²) < 4.78 is 0. The third-order valence-electron chi connectivity index (χ3n) is 3.41. The predicted octanol–water partition coefficient (Wildman–Crippen LogP) is 2.39. The van der Waals surface area contributed by atoms with Crippen LogP contribution >= 0.6 is 0 Å². The Balaban J connectivity index is 1.84. The van der Waals surface area contributed by atoms with E-state index in [1.165, 1.54) is 19.3 Å². The minimum Gasteiger partial charge on any atom is -0.367 e. The van der Waals surface area contributed by atoms with E-state index < -0.39 is 0 Å². The van der Waals surface area contributed by atoms with Gasteiger partial charge in [0.05, 0.1) is 11.6 Å². The molecule has 0 aliphatic heterocycles. The lowest BCUT2D eigenvalue weighted by Gasteiger charge is -2.15. The molecule has 1 aliphatic carbocycles. The molecule has 2 heterocycles. The molecule has 0 saturated heterocycles. The monoisotopic (exact) mass is 260 g/mol. The smallest absolute Gasteiger partial charge is 0.226 e. The highest BCUT2D eigenvalue weighted by Crippen LogP contribution is 2.34. The van der Waals surface area contributed by atoms with Crippen molar-refractivity contribution in [3.63, 3.8) is 0 Å². The number of nitrogens with one attached hydrogen (secondary N) is 3. The van der Waals surface area contributed by atoms with Crippen LogP contribution < -0.4 is 10.6 Å². The molecule has 6 nitrogen and oxygen atoms in total. The van der Waals surface area contributed by atoms with Gasteiger partial charge in [-0.1, -0.05) is 12.8 Å². The van der Waals surface area contributed by atoms with Gasteiger partial charge in [0.25, 0.3) is 0 Å². The summed E-state index contributed by atoms with van der Waals surface area (Å²) in [6.45, 7) is 5.04. The second kappa shape index (κ2) is 5.03. The second-order valence-electron chi connectivity index (χ2n) is 5.28. The summed E-state index contributed by atoms with van der Waals surface area (Å²) in [6.07, 6.45) is 5.73. The van der Waals surface area contributed by atoms with E-state index in [9.17, 15) is 0 Å². The molecule has 102 valence electrons. The van der Waals surface area contributed by atoms with Gasteiger partial charge in [0.1, 0.15) is 5.82 Å². The molecule has 1 fully saturated rings. The molecule has 3 rings (SSSR count). The summed E-state index contributed by atoms with van der Waals surface area (Å²) in [6, 6.07) is 0.426. The Morgan fingerprint density at radius 2 is 2.26 bits per heavy atom. The van der Waals surface area contributed by atoms with Crippen molar-refractivity contribution >= 4 is 22.8 Å². The number of hydrogen-bond donors (Lipinski definition) is 3. The fourth-order valence-corrected chi connectivity index (χ4v) is 2.33. The number of hydrogen-bond acceptors (Lipinski definition) is 5. The first-order chi connectivity index (χ1) is 9.26. The van der Waals surface area contributed by atoms with Gasteiger partial charge in [0, 0.05) is 12.6 Å². The Morgan fingerprint density at radius 1 is 1.42 bits per heavy atom. The van der Waals surface area contributed by atoms with Crippen molar-refractivity contribution in [2.75, 3.05) is 17.2 Å². The predicted molar refractivity (Wildman–Crippen MR) is 76.3 cm³/mol. The van der Waals surface area contributed by atoms with Crippen molar-refractivity contribution in [2.24, 2.45) is 5.92 Å². The minimum atomic E-state index is 0.426. The number of H-pyrrole nitrogens is 1.